The lowest BCUT2D eigenvalue weighted by Crippen LogP contribution is -2.30. The van der Waals surface area contributed by atoms with Crippen LogP contribution in [0.2, 0.25) is 0 Å². The van der Waals surface area contributed by atoms with E-state index in [1.165, 1.54) is 44.9 Å². The highest BCUT2D eigenvalue weighted by atomic mass is 16.7. The SMILES string of the molecule is C1CCC(OCC2CC3CC2C2CCCC32)OC1. The average molecular weight is 250 g/mol. The third-order valence-corrected chi connectivity index (χ3v) is 6.20. The molecule has 102 valence electrons. The summed E-state index contributed by atoms with van der Waals surface area (Å²) in [5, 5.41) is 0. The van der Waals surface area contributed by atoms with Crippen LogP contribution in [0.3, 0.4) is 0 Å². The number of hydrogen-bond donors (Lipinski definition) is 0. The van der Waals surface area contributed by atoms with E-state index in [1.807, 2.05) is 0 Å². The van der Waals surface area contributed by atoms with Gasteiger partial charge in [-0.3, -0.25) is 0 Å². The highest BCUT2D eigenvalue weighted by Gasteiger charge is 2.53. The summed E-state index contributed by atoms with van der Waals surface area (Å²) in [5.41, 5.74) is 0. The predicted octanol–water partition coefficient (Wildman–Crippen LogP) is 3.60. The minimum Gasteiger partial charge on any atom is -0.353 e. The Hall–Kier alpha value is -0.0800. The first-order valence-electron chi connectivity index (χ1n) is 8.15. The van der Waals surface area contributed by atoms with Gasteiger partial charge in [0.2, 0.25) is 0 Å². The van der Waals surface area contributed by atoms with E-state index < -0.39 is 0 Å². The Morgan fingerprint density at radius 1 is 0.889 bits per heavy atom. The van der Waals surface area contributed by atoms with E-state index in [1.54, 1.807) is 0 Å². The molecule has 18 heavy (non-hydrogen) atoms. The summed E-state index contributed by atoms with van der Waals surface area (Å²) in [6, 6.07) is 0. The summed E-state index contributed by atoms with van der Waals surface area (Å²) in [5.74, 6) is 5.11. The molecule has 6 atom stereocenters. The molecule has 2 heteroatoms. The lowest BCUT2D eigenvalue weighted by molar-refractivity contribution is -0.172. The molecule has 0 spiro atoms. The molecular formula is C16H26O2. The van der Waals surface area contributed by atoms with Crippen LogP contribution in [0.5, 0.6) is 0 Å². The number of ether oxygens (including phenoxy) is 2. The molecule has 6 unspecified atom stereocenters. The molecule has 1 saturated heterocycles. The van der Waals surface area contributed by atoms with Gasteiger partial charge in [0, 0.05) is 6.61 Å². The van der Waals surface area contributed by atoms with E-state index in [0.717, 1.165) is 49.2 Å². The van der Waals surface area contributed by atoms with Crippen LogP contribution in [0.1, 0.15) is 51.4 Å². The molecule has 4 rings (SSSR count). The van der Waals surface area contributed by atoms with E-state index in [2.05, 4.69) is 0 Å². The Balaban J connectivity index is 1.31. The van der Waals surface area contributed by atoms with Gasteiger partial charge >= 0.3 is 0 Å². The Morgan fingerprint density at radius 2 is 1.83 bits per heavy atom. The Kier molecular flexibility index (Phi) is 3.12. The van der Waals surface area contributed by atoms with Crippen LogP contribution >= 0.6 is 0 Å². The summed E-state index contributed by atoms with van der Waals surface area (Å²) < 4.78 is 11.7. The first-order chi connectivity index (χ1) is 8.92. The van der Waals surface area contributed by atoms with E-state index in [-0.39, 0.29) is 6.29 Å². The van der Waals surface area contributed by atoms with E-state index in [9.17, 15) is 0 Å². The van der Waals surface area contributed by atoms with Crippen molar-refractivity contribution in [2.24, 2.45) is 29.6 Å². The van der Waals surface area contributed by atoms with Crippen LogP contribution < -0.4 is 0 Å². The maximum Gasteiger partial charge on any atom is 0.157 e. The van der Waals surface area contributed by atoms with Crippen molar-refractivity contribution < 1.29 is 9.47 Å². The third-order valence-electron chi connectivity index (χ3n) is 6.20. The van der Waals surface area contributed by atoms with Gasteiger partial charge in [0.25, 0.3) is 0 Å². The molecule has 2 nitrogen and oxygen atoms in total. The zero-order valence-corrected chi connectivity index (χ0v) is 11.4. The summed E-state index contributed by atoms with van der Waals surface area (Å²) in [6.45, 7) is 1.89. The summed E-state index contributed by atoms with van der Waals surface area (Å²) >= 11 is 0. The molecule has 1 aliphatic heterocycles. The average Bonchev–Trinajstić information content (AvgIpc) is 3.09. The third kappa shape index (κ3) is 1.92. The lowest BCUT2D eigenvalue weighted by Gasteiger charge is -2.33. The topological polar surface area (TPSA) is 18.5 Å². The van der Waals surface area contributed by atoms with Crippen molar-refractivity contribution in [2.75, 3.05) is 13.2 Å². The molecule has 0 aromatic rings. The standard InChI is InChI=1S/C16H26O2/c1-2-7-17-16(6-1)18-10-12-8-11-9-15(12)14-5-3-4-13(11)14/h11-16H,1-10H2. The second-order valence-corrected chi connectivity index (χ2v) is 7.04. The highest BCUT2D eigenvalue weighted by molar-refractivity contribution is 5.02. The lowest BCUT2D eigenvalue weighted by atomic mass is 9.76. The van der Waals surface area contributed by atoms with Gasteiger partial charge in [-0.05, 0) is 74.5 Å². The molecule has 0 amide bonds. The zero-order valence-electron chi connectivity index (χ0n) is 11.4. The summed E-state index contributed by atoms with van der Waals surface area (Å²) in [7, 11) is 0. The van der Waals surface area contributed by atoms with Gasteiger partial charge in [0.05, 0.1) is 6.61 Å². The van der Waals surface area contributed by atoms with Crippen molar-refractivity contribution in [3.8, 4) is 0 Å². The molecule has 0 aromatic heterocycles. The summed E-state index contributed by atoms with van der Waals surface area (Å²) in [4.78, 5) is 0. The first-order valence-corrected chi connectivity index (χ1v) is 8.15. The molecule has 0 N–H and O–H groups in total. The monoisotopic (exact) mass is 250 g/mol. The highest BCUT2D eigenvalue weighted by Crippen LogP contribution is 2.60. The van der Waals surface area contributed by atoms with Crippen LogP contribution in [-0.4, -0.2) is 19.5 Å². The van der Waals surface area contributed by atoms with E-state index in [0.29, 0.717) is 0 Å². The zero-order chi connectivity index (χ0) is 11.9. The van der Waals surface area contributed by atoms with Crippen molar-refractivity contribution in [1.29, 1.82) is 0 Å². The molecule has 3 aliphatic carbocycles. The van der Waals surface area contributed by atoms with Gasteiger partial charge in [-0.1, -0.05) is 6.42 Å². The number of hydrogen-bond acceptors (Lipinski definition) is 2. The Bertz CT molecular complexity index is 297. The van der Waals surface area contributed by atoms with Crippen LogP contribution in [-0.2, 0) is 9.47 Å². The molecule has 2 bridgehead atoms. The van der Waals surface area contributed by atoms with Gasteiger partial charge in [0.15, 0.2) is 6.29 Å². The van der Waals surface area contributed by atoms with Gasteiger partial charge in [0.1, 0.15) is 0 Å². The molecule has 0 radical (unpaired) electrons. The fourth-order valence-electron chi connectivity index (χ4n) is 5.48. The maximum atomic E-state index is 6.05. The fraction of sp³-hybridized carbons (Fsp3) is 1.00. The van der Waals surface area contributed by atoms with Crippen LogP contribution in [0, 0.1) is 29.6 Å². The van der Waals surface area contributed by atoms with E-state index in [4.69, 9.17) is 9.47 Å². The van der Waals surface area contributed by atoms with Crippen molar-refractivity contribution in [3.63, 3.8) is 0 Å². The normalized spacial score (nSPS) is 50.7. The minimum absolute atomic E-state index is 0.122. The molecule has 4 fully saturated rings. The number of fused-ring (bicyclic) bond motifs is 5. The smallest absolute Gasteiger partial charge is 0.157 e. The Morgan fingerprint density at radius 3 is 2.72 bits per heavy atom. The van der Waals surface area contributed by atoms with Gasteiger partial charge in [-0.25, -0.2) is 0 Å². The number of rotatable bonds is 3. The quantitative estimate of drug-likeness (QED) is 0.762. The van der Waals surface area contributed by atoms with Crippen molar-refractivity contribution >= 4 is 0 Å². The second-order valence-electron chi connectivity index (χ2n) is 7.04. The van der Waals surface area contributed by atoms with E-state index >= 15 is 0 Å². The van der Waals surface area contributed by atoms with Gasteiger partial charge in [-0.15, -0.1) is 0 Å². The van der Waals surface area contributed by atoms with Crippen LogP contribution in [0.25, 0.3) is 0 Å². The van der Waals surface area contributed by atoms with Crippen LogP contribution in [0.15, 0.2) is 0 Å². The maximum absolute atomic E-state index is 6.05. The fourth-order valence-corrected chi connectivity index (χ4v) is 5.48. The first kappa shape index (κ1) is 11.7. The van der Waals surface area contributed by atoms with Gasteiger partial charge < -0.3 is 9.47 Å². The molecule has 0 aromatic carbocycles. The molecule has 3 saturated carbocycles. The Labute approximate surface area is 110 Å². The van der Waals surface area contributed by atoms with Crippen molar-refractivity contribution in [2.45, 2.75) is 57.7 Å². The predicted molar refractivity (Wildman–Crippen MR) is 70.1 cm³/mol. The molecule has 1 heterocycles. The largest absolute Gasteiger partial charge is 0.353 e. The van der Waals surface area contributed by atoms with Crippen LogP contribution in [0.4, 0.5) is 0 Å². The molecule has 4 aliphatic rings. The van der Waals surface area contributed by atoms with Crippen molar-refractivity contribution in [1.82, 2.24) is 0 Å². The van der Waals surface area contributed by atoms with Gasteiger partial charge in [-0.2, -0.15) is 0 Å². The minimum atomic E-state index is 0.122. The second kappa shape index (κ2) is 4.79. The molecular weight excluding hydrogens is 224 g/mol. The summed E-state index contributed by atoms with van der Waals surface area (Å²) in [6.07, 6.45) is 11.3. The van der Waals surface area contributed by atoms with Crippen molar-refractivity contribution in [3.05, 3.63) is 0 Å².